The number of carbonyl (C=O) groups is 2. The van der Waals surface area contributed by atoms with Crippen molar-refractivity contribution < 1.29 is 33.6 Å². The van der Waals surface area contributed by atoms with Gasteiger partial charge in [0.25, 0.3) is 0 Å². The number of methoxy groups -OCH3 is 1. The van der Waals surface area contributed by atoms with Crippen LogP contribution in [0.4, 0.5) is 0 Å². The summed E-state index contributed by atoms with van der Waals surface area (Å²) in [7, 11) is 1.57. The Bertz CT molecular complexity index is 925. The third-order valence-electron chi connectivity index (χ3n) is 7.03. The number of rotatable bonds is 6. The number of ether oxygens (including phenoxy) is 4. The van der Waals surface area contributed by atoms with Gasteiger partial charge in [-0.15, -0.1) is 0 Å². The van der Waals surface area contributed by atoms with Gasteiger partial charge in [-0.1, -0.05) is 0 Å². The molecule has 1 aromatic carbocycles. The standard InChI is InChI=1S/C23H27NO7/c1-28-15-8-17-16(19(9-15)31-21(27)5-4-20(25)26)10-18-22-23(17,12-29-13-30-22)6-7-24(18)11-14-2-3-14/h4-5,8-9,14,18,22H,2-3,6-7,10-13H2,1H3,(H,25,26)/b5-4+/t18-,22+,23-/m1/s1. The normalized spacial score (nSPS) is 29.8. The maximum absolute atomic E-state index is 12.3. The van der Waals surface area contributed by atoms with Crippen molar-refractivity contribution in [3.05, 3.63) is 35.4 Å². The van der Waals surface area contributed by atoms with Gasteiger partial charge < -0.3 is 24.1 Å². The minimum Gasteiger partial charge on any atom is -0.497 e. The monoisotopic (exact) mass is 429 g/mol. The topological polar surface area (TPSA) is 94.5 Å². The second-order valence-corrected chi connectivity index (χ2v) is 8.91. The van der Waals surface area contributed by atoms with Gasteiger partial charge in [0.05, 0.1) is 19.8 Å². The fraction of sp³-hybridized carbons (Fsp3) is 0.565. The van der Waals surface area contributed by atoms with Crippen LogP contribution in [0.15, 0.2) is 24.3 Å². The zero-order valence-electron chi connectivity index (χ0n) is 17.5. The highest BCUT2D eigenvalue weighted by atomic mass is 16.7. The molecule has 3 atom stereocenters. The van der Waals surface area contributed by atoms with Crippen molar-refractivity contribution in [3.63, 3.8) is 0 Å². The second kappa shape index (κ2) is 7.93. The lowest BCUT2D eigenvalue weighted by atomic mass is 9.61. The van der Waals surface area contributed by atoms with Gasteiger partial charge in [-0.25, -0.2) is 9.59 Å². The minimum absolute atomic E-state index is 0.0174. The molecular formula is C23H27NO7. The number of carboxylic acid groups (broad SMARTS) is 1. The van der Waals surface area contributed by atoms with E-state index in [1.165, 1.54) is 12.8 Å². The molecule has 0 spiro atoms. The summed E-state index contributed by atoms with van der Waals surface area (Å²) in [5, 5.41) is 8.80. The summed E-state index contributed by atoms with van der Waals surface area (Å²) >= 11 is 0. The predicted octanol–water partition coefficient (Wildman–Crippen LogP) is 1.89. The minimum atomic E-state index is -1.20. The first-order valence-corrected chi connectivity index (χ1v) is 10.8. The van der Waals surface area contributed by atoms with Crippen LogP contribution in [0.25, 0.3) is 0 Å². The van der Waals surface area contributed by atoms with E-state index in [9.17, 15) is 9.59 Å². The highest BCUT2D eigenvalue weighted by Crippen LogP contribution is 2.52. The molecule has 2 bridgehead atoms. The van der Waals surface area contributed by atoms with E-state index in [1.54, 1.807) is 13.2 Å². The van der Waals surface area contributed by atoms with Crippen LogP contribution in [-0.2, 0) is 30.9 Å². The van der Waals surface area contributed by atoms with Crippen molar-refractivity contribution in [2.75, 3.05) is 33.6 Å². The highest BCUT2D eigenvalue weighted by molar-refractivity contribution is 5.92. The van der Waals surface area contributed by atoms with Gasteiger partial charge in [-0.2, -0.15) is 0 Å². The Balaban J connectivity index is 1.55. The van der Waals surface area contributed by atoms with Crippen molar-refractivity contribution in [1.82, 2.24) is 4.90 Å². The summed E-state index contributed by atoms with van der Waals surface area (Å²) < 4.78 is 23.1. The van der Waals surface area contributed by atoms with Crippen molar-refractivity contribution in [2.24, 2.45) is 5.92 Å². The molecule has 0 aromatic heterocycles. The smallest absolute Gasteiger partial charge is 0.336 e. The molecule has 2 heterocycles. The van der Waals surface area contributed by atoms with E-state index in [0.29, 0.717) is 31.3 Å². The number of carbonyl (C=O) groups excluding carboxylic acids is 1. The van der Waals surface area contributed by atoms with E-state index in [1.807, 2.05) is 6.07 Å². The maximum atomic E-state index is 12.3. The number of benzene rings is 1. The number of aliphatic carboxylic acids is 1. The first kappa shape index (κ1) is 20.5. The molecule has 2 aliphatic heterocycles. The number of nitrogens with zero attached hydrogens (tertiary/aromatic N) is 1. The van der Waals surface area contributed by atoms with Crippen LogP contribution in [0.3, 0.4) is 0 Å². The fourth-order valence-electron chi connectivity index (χ4n) is 5.42. The Morgan fingerprint density at radius 3 is 2.90 bits per heavy atom. The maximum Gasteiger partial charge on any atom is 0.336 e. The molecule has 1 N–H and O–H groups in total. The number of fused-ring (bicyclic) bond motifs is 1. The Morgan fingerprint density at radius 1 is 1.32 bits per heavy atom. The van der Waals surface area contributed by atoms with Gasteiger partial charge in [0, 0.05) is 41.8 Å². The van der Waals surface area contributed by atoms with Gasteiger partial charge in [-0.05, 0) is 49.8 Å². The molecule has 8 nitrogen and oxygen atoms in total. The van der Waals surface area contributed by atoms with Crippen molar-refractivity contribution >= 4 is 11.9 Å². The van der Waals surface area contributed by atoms with E-state index in [-0.39, 0.29) is 17.6 Å². The van der Waals surface area contributed by atoms with Gasteiger partial charge in [-0.3, -0.25) is 4.90 Å². The lowest BCUT2D eigenvalue weighted by molar-refractivity contribution is -0.222. The van der Waals surface area contributed by atoms with Crippen LogP contribution >= 0.6 is 0 Å². The summed E-state index contributed by atoms with van der Waals surface area (Å²) in [4.78, 5) is 25.6. The van der Waals surface area contributed by atoms with Gasteiger partial charge in [0.1, 0.15) is 18.3 Å². The zero-order valence-corrected chi connectivity index (χ0v) is 17.5. The number of hydrogen-bond acceptors (Lipinski definition) is 7. The number of carboxylic acids is 1. The van der Waals surface area contributed by atoms with Gasteiger partial charge in [0.2, 0.25) is 0 Å². The lowest BCUT2D eigenvalue weighted by Gasteiger charge is -2.57. The molecule has 2 aliphatic carbocycles. The molecule has 3 fully saturated rings. The SMILES string of the molecule is COc1cc(OC(=O)/C=C/C(=O)O)c2c(c1)[C@]13CCN(CC4CC4)[C@H](C2)[C@@H]1OCOC3. The highest BCUT2D eigenvalue weighted by Gasteiger charge is 2.57. The average Bonchev–Trinajstić information content (AvgIpc) is 3.58. The Morgan fingerprint density at radius 2 is 2.16 bits per heavy atom. The third kappa shape index (κ3) is 3.73. The molecule has 0 radical (unpaired) electrons. The van der Waals surface area contributed by atoms with Crippen LogP contribution < -0.4 is 9.47 Å². The molecule has 1 saturated carbocycles. The van der Waals surface area contributed by atoms with Crippen molar-refractivity contribution in [1.29, 1.82) is 0 Å². The number of hydrogen-bond donors (Lipinski definition) is 1. The molecule has 1 aromatic rings. The molecule has 0 amide bonds. The average molecular weight is 429 g/mol. The summed E-state index contributed by atoms with van der Waals surface area (Å²) in [6.45, 7) is 2.90. The van der Waals surface area contributed by atoms with E-state index in [0.717, 1.165) is 48.7 Å². The molecule has 166 valence electrons. The number of likely N-dealkylation sites (tertiary alicyclic amines) is 1. The molecule has 31 heavy (non-hydrogen) atoms. The quantitative estimate of drug-likeness (QED) is 0.416. The molecule has 8 heteroatoms. The van der Waals surface area contributed by atoms with Crippen LogP contribution in [-0.4, -0.2) is 67.7 Å². The summed E-state index contributed by atoms with van der Waals surface area (Å²) in [5.41, 5.74) is 1.68. The Labute approximate surface area is 180 Å². The second-order valence-electron chi connectivity index (χ2n) is 8.91. The van der Waals surface area contributed by atoms with Crippen LogP contribution in [0.5, 0.6) is 11.5 Å². The van der Waals surface area contributed by atoms with Gasteiger partial charge >= 0.3 is 11.9 Å². The largest absolute Gasteiger partial charge is 0.497 e. The van der Waals surface area contributed by atoms with Crippen LogP contribution in [0.2, 0.25) is 0 Å². The van der Waals surface area contributed by atoms with Gasteiger partial charge in [0.15, 0.2) is 0 Å². The molecule has 5 rings (SSSR count). The molecular weight excluding hydrogens is 402 g/mol. The Kier molecular flexibility index (Phi) is 5.24. The first-order valence-electron chi connectivity index (χ1n) is 10.8. The molecule has 2 saturated heterocycles. The predicted molar refractivity (Wildman–Crippen MR) is 109 cm³/mol. The van der Waals surface area contributed by atoms with Crippen LogP contribution in [0.1, 0.15) is 30.4 Å². The van der Waals surface area contributed by atoms with E-state index < -0.39 is 11.9 Å². The lowest BCUT2D eigenvalue weighted by Crippen LogP contribution is -2.67. The third-order valence-corrected chi connectivity index (χ3v) is 7.03. The van der Waals surface area contributed by atoms with E-state index in [2.05, 4.69) is 4.90 Å². The van der Waals surface area contributed by atoms with Crippen molar-refractivity contribution in [3.8, 4) is 11.5 Å². The van der Waals surface area contributed by atoms with Crippen molar-refractivity contribution in [2.45, 2.75) is 43.2 Å². The fourth-order valence-corrected chi connectivity index (χ4v) is 5.42. The first-order chi connectivity index (χ1) is 15.0. The summed E-state index contributed by atoms with van der Waals surface area (Å²) in [6, 6.07) is 3.90. The number of piperidine rings is 1. The summed E-state index contributed by atoms with van der Waals surface area (Å²) in [6.07, 6.45) is 5.88. The number of esters is 1. The van der Waals surface area contributed by atoms with E-state index >= 15 is 0 Å². The molecule has 4 aliphatic rings. The Hall–Kier alpha value is -2.42. The van der Waals surface area contributed by atoms with E-state index in [4.69, 9.17) is 24.1 Å². The zero-order chi connectivity index (χ0) is 21.6. The summed E-state index contributed by atoms with van der Waals surface area (Å²) in [5.74, 6) is -0.165. The van der Waals surface area contributed by atoms with Crippen LogP contribution in [0, 0.1) is 5.92 Å². The molecule has 0 unspecified atom stereocenters.